The highest BCUT2D eigenvalue weighted by Gasteiger charge is 2.12. The molecule has 0 aliphatic carbocycles. The molecule has 0 saturated carbocycles. The zero-order valence-corrected chi connectivity index (χ0v) is 9.50. The van der Waals surface area contributed by atoms with E-state index in [1.807, 2.05) is 6.07 Å². The van der Waals surface area contributed by atoms with E-state index >= 15 is 0 Å². The van der Waals surface area contributed by atoms with Crippen molar-refractivity contribution in [1.29, 1.82) is 0 Å². The number of hydrogen-bond donors (Lipinski definition) is 1. The summed E-state index contributed by atoms with van der Waals surface area (Å²) in [6, 6.07) is 17.1. The van der Waals surface area contributed by atoms with E-state index < -0.39 is 12.1 Å². The predicted octanol–water partition coefficient (Wildman–Crippen LogP) is 3.08. The highest BCUT2D eigenvalue weighted by molar-refractivity contribution is 6.00. The van der Waals surface area contributed by atoms with Crippen LogP contribution in [0.25, 0.3) is 0 Å². The van der Waals surface area contributed by atoms with Crippen LogP contribution in [0.1, 0.15) is 10.4 Å². The van der Waals surface area contributed by atoms with Gasteiger partial charge in [-0.3, -0.25) is 5.32 Å². The van der Waals surface area contributed by atoms with Crippen LogP contribution in [-0.4, -0.2) is 12.1 Å². The lowest BCUT2D eigenvalue weighted by molar-refractivity contribution is 0.0645. The lowest BCUT2D eigenvalue weighted by atomic mass is 10.2. The molecule has 2 rings (SSSR count). The van der Waals surface area contributed by atoms with Gasteiger partial charge in [-0.15, -0.1) is 0 Å². The van der Waals surface area contributed by atoms with Crippen molar-refractivity contribution >= 4 is 17.7 Å². The third kappa shape index (κ3) is 3.18. The number of carbonyl (C=O) groups excluding carboxylic acids is 2. The molecule has 2 aromatic rings. The van der Waals surface area contributed by atoms with Gasteiger partial charge in [-0.05, 0) is 24.3 Å². The number of anilines is 1. The fourth-order valence-corrected chi connectivity index (χ4v) is 1.38. The van der Waals surface area contributed by atoms with Crippen molar-refractivity contribution in [3.8, 4) is 0 Å². The average Bonchev–Trinajstić information content (AvgIpc) is 2.40. The summed E-state index contributed by atoms with van der Waals surface area (Å²) in [6.45, 7) is 0. The van der Waals surface area contributed by atoms with Crippen LogP contribution >= 0.6 is 0 Å². The van der Waals surface area contributed by atoms with Crippen molar-refractivity contribution in [3.05, 3.63) is 66.2 Å². The molecular weight excluding hydrogens is 230 g/mol. The lowest BCUT2D eigenvalue weighted by Crippen LogP contribution is -2.18. The van der Waals surface area contributed by atoms with Crippen molar-refractivity contribution in [2.45, 2.75) is 0 Å². The number of benzene rings is 2. The van der Waals surface area contributed by atoms with E-state index in [4.69, 9.17) is 0 Å². The van der Waals surface area contributed by atoms with E-state index in [-0.39, 0.29) is 0 Å². The van der Waals surface area contributed by atoms with Crippen LogP contribution in [0.5, 0.6) is 0 Å². The quantitative estimate of drug-likeness (QED) is 0.649. The van der Waals surface area contributed by atoms with Crippen LogP contribution in [0.4, 0.5) is 10.5 Å². The van der Waals surface area contributed by atoms with Crippen molar-refractivity contribution < 1.29 is 14.3 Å². The van der Waals surface area contributed by atoms with Gasteiger partial charge in [0.25, 0.3) is 0 Å². The molecule has 4 nitrogen and oxygen atoms in total. The smallest absolute Gasteiger partial charge is 0.372 e. The van der Waals surface area contributed by atoms with E-state index in [1.165, 1.54) is 0 Å². The summed E-state index contributed by atoms with van der Waals surface area (Å²) < 4.78 is 4.65. The van der Waals surface area contributed by atoms with Crippen LogP contribution < -0.4 is 5.32 Å². The highest BCUT2D eigenvalue weighted by Crippen LogP contribution is 2.07. The van der Waals surface area contributed by atoms with Crippen LogP contribution in [0.2, 0.25) is 0 Å². The van der Waals surface area contributed by atoms with E-state index in [2.05, 4.69) is 10.1 Å². The minimum absolute atomic E-state index is 0.334. The number of para-hydroxylation sites is 1. The Morgan fingerprint density at radius 2 is 1.39 bits per heavy atom. The molecule has 0 unspecified atom stereocenters. The van der Waals surface area contributed by atoms with E-state index in [1.54, 1.807) is 54.6 Å². The summed E-state index contributed by atoms with van der Waals surface area (Å²) in [4.78, 5) is 23.0. The second kappa shape index (κ2) is 5.63. The van der Waals surface area contributed by atoms with Crippen LogP contribution in [-0.2, 0) is 4.74 Å². The van der Waals surface area contributed by atoms with Gasteiger partial charge in [0, 0.05) is 5.69 Å². The first-order valence-electron chi connectivity index (χ1n) is 5.39. The Labute approximate surface area is 104 Å². The standard InChI is InChI=1S/C14H11NO3/c16-13(11-7-3-1-4-8-11)18-14(17)15-12-9-5-2-6-10-12/h1-10H,(H,15,17). The highest BCUT2D eigenvalue weighted by atomic mass is 16.6. The Hall–Kier alpha value is -2.62. The maximum Gasteiger partial charge on any atom is 0.419 e. The number of rotatable bonds is 2. The number of hydrogen-bond acceptors (Lipinski definition) is 3. The molecule has 0 aromatic heterocycles. The third-order valence-electron chi connectivity index (χ3n) is 2.22. The number of esters is 1. The fourth-order valence-electron chi connectivity index (χ4n) is 1.38. The van der Waals surface area contributed by atoms with E-state index in [0.717, 1.165) is 0 Å². The van der Waals surface area contributed by atoms with Crippen molar-refractivity contribution in [2.24, 2.45) is 0 Å². The molecule has 0 spiro atoms. The molecule has 90 valence electrons. The zero-order chi connectivity index (χ0) is 12.8. The van der Waals surface area contributed by atoms with Crippen LogP contribution in [0.3, 0.4) is 0 Å². The van der Waals surface area contributed by atoms with Crippen LogP contribution in [0, 0.1) is 0 Å². The monoisotopic (exact) mass is 241 g/mol. The normalized spacial score (nSPS) is 9.56. The van der Waals surface area contributed by atoms with E-state index in [9.17, 15) is 9.59 Å². The lowest BCUT2D eigenvalue weighted by Gasteiger charge is -2.05. The maximum atomic E-state index is 11.6. The summed E-state index contributed by atoms with van der Waals surface area (Å²) in [5.41, 5.74) is 0.907. The van der Waals surface area contributed by atoms with Gasteiger partial charge < -0.3 is 4.74 Å². The van der Waals surface area contributed by atoms with Crippen LogP contribution in [0.15, 0.2) is 60.7 Å². The first-order chi connectivity index (χ1) is 8.75. The van der Waals surface area contributed by atoms with E-state index in [0.29, 0.717) is 11.3 Å². The fraction of sp³-hybridized carbons (Fsp3) is 0. The van der Waals surface area contributed by atoms with Crippen molar-refractivity contribution in [3.63, 3.8) is 0 Å². The summed E-state index contributed by atoms with van der Waals surface area (Å²) >= 11 is 0. The largest absolute Gasteiger partial charge is 0.419 e. The van der Waals surface area contributed by atoms with Gasteiger partial charge in [0.15, 0.2) is 0 Å². The molecule has 18 heavy (non-hydrogen) atoms. The molecule has 2 aromatic carbocycles. The predicted molar refractivity (Wildman–Crippen MR) is 67.3 cm³/mol. The molecule has 0 aliphatic rings. The van der Waals surface area contributed by atoms with Gasteiger partial charge in [-0.25, -0.2) is 9.59 Å². The van der Waals surface area contributed by atoms with Crippen molar-refractivity contribution in [2.75, 3.05) is 5.32 Å². The van der Waals surface area contributed by atoms with Gasteiger partial charge in [-0.1, -0.05) is 36.4 Å². The first kappa shape index (κ1) is 11.9. The summed E-state index contributed by atoms with van der Waals surface area (Å²) in [5.74, 6) is -0.677. The number of carbonyl (C=O) groups is 2. The second-order valence-electron chi connectivity index (χ2n) is 3.53. The molecule has 1 amide bonds. The molecule has 0 bridgehead atoms. The maximum absolute atomic E-state index is 11.6. The Morgan fingerprint density at radius 1 is 0.833 bits per heavy atom. The minimum Gasteiger partial charge on any atom is -0.372 e. The molecule has 0 heterocycles. The Morgan fingerprint density at radius 3 is 2.00 bits per heavy atom. The third-order valence-corrected chi connectivity index (χ3v) is 2.22. The molecular formula is C14H11NO3. The number of ether oxygens (including phenoxy) is 1. The molecule has 0 aliphatic heterocycles. The van der Waals surface area contributed by atoms with Gasteiger partial charge in [0.05, 0.1) is 5.56 Å². The summed E-state index contributed by atoms with van der Waals surface area (Å²) in [7, 11) is 0. The molecule has 1 N–H and O–H groups in total. The first-order valence-corrected chi connectivity index (χ1v) is 5.39. The molecule has 0 atom stereocenters. The van der Waals surface area contributed by atoms with Gasteiger partial charge in [-0.2, -0.15) is 0 Å². The average molecular weight is 241 g/mol. The minimum atomic E-state index is -0.796. The van der Waals surface area contributed by atoms with Crippen molar-refractivity contribution in [1.82, 2.24) is 0 Å². The second-order valence-corrected chi connectivity index (χ2v) is 3.53. The SMILES string of the molecule is O=C(Nc1ccccc1)OC(=O)c1ccccc1. The van der Waals surface area contributed by atoms with Gasteiger partial charge in [0.2, 0.25) is 0 Å². The van der Waals surface area contributed by atoms with Gasteiger partial charge >= 0.3 is 12.1 Å². The molecule has 0 saturated heterocycles. The molecule has 0 fully saturated rings. The summed E-state index contributed by atoms with van der Waals surface area (Å²) in [6.07, 6.45) is -0.796. The number of amides is 1. The topological polar surface area (TPSA) is 55.4 Å². The molecule has 4 heteroatoms. The molecule has 0 radical (unpaired) electrons. The number of nitrogens with one attached hydrogen (secondary N) is 1. The Bertz CT molecular complexity index is 537. The Balaban J connectivity index is 1.94. The van der Waals surface area contributed by atoms with Gasteiger partial charge in [0.1, 0.15) is 0 Å². The zero-order valence-electron chi connectivity index (χ0n) is 9.50. The Kier molecular flexibility index (Phi) is 3.71. The summed E-state index contributed by atoms with van der Waals surface area (Å²) in [5, 5.41) is 2.46.